The van der Waals surface area contributed by atoms with Crippen LogP contribution in [0.2, 0.25) is 0 Å². The van der Waals surface area contributed by atoms with Gasteiger partial charge in [0, 0.05) is 35.9 Å². The summed E-state index contributed by atoms with van der Waals surface area (Å²) >= 11 is 0. The van der Waals surface area contributed by atoms with Crippen molar-refractivity contribution in [3.63, 3.8) is 0 Å². The van der Waals surface area contributed by atoms with Crippen molar-refractivity contribution >= 4 is 23.6 Å². The van der Waals surface area contributed by atoms with E-state index in [1.54, 1.807) is 20.0 Å². The number of aliphatic hydroxyl groups is 1. The lowest BCUT2D eigenvalue weighted by atomic mass is 9.69. The molecular formula is C40H60N2O9. The molecule has 0 aliphatic carbocycles. The molecular weight excluding hydrogens is 652 g/mol. The number of aromatic nitrogens is 1. The van der Waals surface area contributed by atoms with Crippen LogP contribution in [-0.2, 0) is 38.1 Å². The van der Waals surface area contributed by atoms with Crippen LogP contribution in [0.15, 0.2) is 42.6 Å². The fourth-order valence-corrected chi connectivity index (χ4v) is 8.53. The van der Waals surface area contributed by atoms with Gasteiger partial charge in [-0.1, -0.05) is 46.4 Å². The van der Waals surface area contributed by atoms with Crippen molar-refractivity contribution in [2.24, 2.45) is 29.6 Å². The molecule has 1 aromatic heterocycles. The van der Waals surface area contributed by atoms with Crippen LogP contribution in [0.3, 0.4) is 0 Å². The highest BCUT2D eigenvalue weighted by atomic mass is 16.7. The number of ketones is 2. The van der Waals surface area contributed by atoms with Gasteiger partial charge < -0.3 is 33.7 Å². The van der Waals surface area contributed by atoms with Gasteiger partial charge >= 0.3 is 5.97 Å². The molecule has 4 heterocycles. The largest absolute Gasteiger partial charge is 0.459 e. The number of likely N-dealkylation sites (N-methyl/N-ethyl adjacent to an activating group) is 1. The average Bonchev–Trinajstić information content (AvgIpc) is 3.41. The molecule has 284 valence electrons. The molecule has 51 heavy (non-hydrogen) atoms. The highest BCUT2D eigenvalue weighted by Crippen LogP contribution is 2.46. The van der Waals surface area contributed by atoms with E-state index in [9.17, 15) is 19.5 Å². The first-order valence-electron chi connectivity index (χ1n) is 18.4. The van der Waals surface area contributed by atoms with E-state index >= 15 is 0 Å². The molecule has 0 radical (unpaired) electrons. The number of carbonyl (C=O) groups is 3. The zero-order valence-corrected chi connectivity index (χ0v) is 32.2. The van der Waals surface area contributed by atoms with Crippen LogP contribution < -0.4 is 0 Å². The minimum Gasteiger partial charge on any atom is -0.459 e. The van der Waals surface area contributed by atoms with E-state index in [4.69, 9.17) is 23.7 Å². The third kappa shape index (κ3) is 8.88. The van der Waals surface area contributed by atoms with Gasteiger partial charge in [-0.3, -0.25) is 19.4 Å². The maximum Gasteiger partial charge on any atom is 0.316 e. The number of nitrogens with zero attached hydrogens (tertiary/aromatic N) is 2. The van der Waals surface area contributed by atoms with Gasteiger partial charge in [0.1, 0.15) is 29.5 Å². The van der Waals surface area contributed by atoms with Gasteiger partial charge in [-0.05, 0) is 84.8 Å². The number of aliphatic hydroxyl groups excluding tert-OH is 1. The van der Waals surface area contributed by atoms with Crippen LogP contribution in [0.4, 0.5) is 0 Å². The Morgan fingerprint density at radius 3 is 2.41 bits per heavy atom. The molecule has 3 aliphatic rings. The monoisotopic (exact) mass is 712 g/mol. The van der Waals surface area contributed by atoms with E-state index in [0.717, 1.165) is 11.3 Å². The summed E-state index contributed by atoms with van der Waals surface area (Å²) in [6, 6.07) is 5.33. The fraction of sp³-hybridized carbons (Fsp3) is 0.700. The third-order valence-corrected chi connectivity index (χ3v) is 11.4. The maximum atomic E-state index is 14.5. The summed E-state index contributed by atoms with van der Waals surface area (Å²) in [6.45, 7) is 19.1. The molecule has 11 nitrogen and oxygen atoms in total. The summed E-state index contributed by atoms with van der Waals surface area (Å²) in [4.78, 5) is 48.9. The summed E-state index contributed by atoms with van der Waals surface area (Å²) in [5.74, 6) is -4.70. The maximum absolute atomic E-state index is 14.5. The van der Waals surface area contributed by atoms with Gasteiger partial charge in [0.2, 0.25) is 0 Å². The third-order valence-electron chi connectivity index (χ3n) is 11.4. The molecule has 1 aromatic rings. The summed E-state index contributed by atoms with van der Waals surface area (Å²) < 4.78 is 32.0. The van der Waals surface area contributed by atoms with Crippen molar-refractivity contribution in [3.8, 4) is 0 Å². The van der Waals surface area contributed by atoms with Gasteiger partial charge in [-0.2, -0.15) is 0 Å². The molecule has 3 fully saturated rings. The molecule has 1 N–H and O–H groups in total. The van der Waals surface area contributed by atoms with Crippen LogP contribution in [0, 0.1) is 29.6 Å². The van der Waals surface area contributed by atoms with E-state index in [0.29, 0.717) is 12.8 Å². The number of rotatable bonds is 8. The molecule has 0 aromatic carbocycles. The Morgan fingerprint density at radius 1 is 1.08 bits per heavy atom. The Hall–Kier alpha value is -2.80. The molecule has 0 spiro atoms. The van der Waals surface area contributed by atoms with Crippen molar-refractivity contribution in [1.82, 2.24) is 9.88 Å². The molecule has 3 aliphatic heterocycles. The van der Waals surface area contributed by atoms with Gasteiger partial charge in [-0.25, -0.2) is 0 Å². The topological polar surface area (TPSA) is 134 Å². The minimum absolute atomic E-state index is 0.0312. The van der Waals surface area contributed by atoms with E-state index in [1.165, 1.54) is 0 Å². The molecule has 3 unspecified atom stereocenters. The highest BCUT2D eigenvalue weighted by Gasteiger charge is 2.55. The van der Waals surface area contributed by atoms with Crippen molar-refractivity contribution < 1.29 is 43.2 Å². The summed E-state index contributed by atoms with van der Waals surface area (Å²) in [6.07, 6.45) is 2.39. The molecule has 0 saturated carbocycles. The van der Waals surface area contributed by atoms with E-state index in [-0.39, 0.29) is 37.6 Å². The number of Topliss-reactive ketones (excluding diaryl/α,β-unsaturated/α-hetero) is 2. The quantitative estimate of drug-likeness (QED) is 0.221. The Bertz CT molecular complexity index is 1420. The number of carbonyl (C=O) groups excluding carboxylic acids is 3. The Balaban J connectivity index is 1.81. The second kappa shape index (κ2) is 16.9. The molecule has 13 atom stereocenters. The molecule has 0 bridgehead atoms. The predicted octanol–water partition coefficient (Wildman–Crippen LogP) is 5.05. The fourth-order valence-electron chi connectivity index (χ4n) is 8.53. The van der Waals surface area contributed by atoms with Crippen LogP contribution in [0.1, 0.15) is 80.3 Å². The minimum atomic E-state index is -1.28. The Kier molecular flexibility index (Phi) is 13.6. The second-order valence-electron chi connectivity index (χ2n) is 15.6. The van der Waals surface area contributed by atoms with Crippen molar-refractivity contribution in [2.45, 2.75) is 123 Å². The number of hydrogen-bond acceptors (Lipinski definition) is 11. The average molecular weight is 713 g/mol. The van der Waals surface area contributed by atoms with Crippen molar-refractivity contribution in [3.05, 3.63) is 48.3 Å². The van der Waals surface area contributed by atoms with Gasteiger partial charge in [0.05, 0.1) is 36.7 Å². The first-order valence-corrected chi connectivity index (χ1v) is 18.4. The Morgan fingerprint density at radius 2 is 1.78 bits per heavy atom. The van der Waals surface area contributed by atoms with Crippen LogP contribution in [0.5, 0.6) is 0 Å². The van der Waals surface area contributed by atoms with E-state index in [2.05, 4.69) is 11.6 Å². The Labute approximate surface area is 304 Å². The summed E-state index contributed by atoms with van der Waals surface area (Å²) in [5, 5.41) is 11.5. The zero-order valence-electron chi connectivity index (χ0n) is 32.2. The first kappa shape index (κ1) is 41.0. The number of esters is 1. The van der Waals surface area contributed by atoms with Crippen molar-refractivity contribution in [2.75, 3.05) is 27.3 Å². The van der Waals surface area contributed by atoms with E-state index in [1.807, 2.05) is 90.9 Å². The standard InChI is InChI=1S/C40H60N2O9/c1-12-31-40(9)32(24(3)22-48-40)26(5)33(43)23(2)21-39(8,47-19-15-17-29-16-13-14-18-41-29)36(27(6)34(44)28(7)37(46)50-31)51-38-35(45)30(42(10)11)20-25(4)49-38/h13-18,23,25-28,30-32,35-36,38,45H,3,12,19-22H2,1-2,4-11H3/b17-15+/t23?,25-,26?,27+,28?,30+,31-,32+,35-,36-,38+,39-,40-/m1/s1. The normalized spacial score (nSPS) is 40.4. The second-order valence-corrected chi connectivity index (χ2v) is 15.6. The SMILES string of the molecule is C=C1CO[C@]2(C)[C@@H](CC)OC(=O)C(C)C(=O)[C@H](C)[C@@H](O[C@@H]3O[C@H](C)C[C@H](N(C)C)[C@H]3O)[C@](C)(OC/C=C/c3ccccn3)CC(C)C(=O)C(C)[C@H]12. The van der Waals surface area contributed by atoms with Crippen LogP contribution in [0.25, 0.3) is 6.08 Å². The van der Waals surface area contributed by atoms with Gasteiger partial charge in [0.25, 0.3) is 0 Å². The molecule has 4 rings (SSSR count). The summed E-state index contributed by atoms with van der Waals surface area (Å²) in [7, 11) is 3.77. The van der Waals surface area contributed by atoms with Gasteiger partial charge in [-0.15, -0.1) is 0 Å². The number of fused-ring (bicyclic) bond motifs is 1. The zero-order chi connectivity index (χ0) is 37.8. The van der Waals surface area contributed by atoms with Gasteiger partial charge in [0.15, 0.2) is 12.1 Å². The summed E-state index contributed by atoms with van der Waals surface area (Å²) in [5.41, 5.74) is -0.780. The molecule has 11 heteroatoms. The number of pyridine rings is 1. The number of hydrogen-bond donors (Lipinski definition) is 1. The highest BCUT2D eigenvalue weighted by molar-refractivity contribution is 6.00. The lowest BCUT2D eigenvalue weighted by molar-refractivity contribution is -0.296. The van der Waals surface area contributed by atoms with Crippen LogP contribution >= 0.6 is 0 Å². The first-order chi connectivity index (χ1) is 23.9. The van der Waals surface area contributed by atoms with Crippen molar-refractivity contribution in [1.29, 1.82) is 0 Å². The molecule has 0 amide bonds. The molecule has 3 saturated heterocycles. The number of cyclic esters (lactones) is 1. The lowest BCUT2D eigenvalue weighted by Gasteiger charge is -2.47. The lowest BCUT2D eigenvalue weighted by Crippen LogP contribution is -2.59. The smallest absolute Gasteiger partial charge is 0.316 e. The van der Waals surface area contributed by atoms with Crippen LogP contribution in [-0.4, -0.2) is 108 Å². The predicted molar refractivity (Wildman–Crippen MR) is 193 cm³/mol. The van der Waals surface area contributed by atoms with E-state index < -0.39 is 77.1 Å². The number of ether oxygens (including phenoxy) is 5.